The van der Waals surface area contributed by atoms with E-state index in [9.17, 15) is 19.8 Å². The minimum atomic E-state index is -1.43. The van der Waals surface area contributed by atoms with Crippen LogP contribution in [0.2, 0.25) is 5.02 Å². The molecule has 0 spiro atoms. The molecule has 66 heavy (non-hydrogen) atoms. The molecule has 15 nitrogen and oxygen atoms in total. The van der Waals surface area contributed by atoms with E-state index in [1.165, 1.54) is 7.11 Å². The lowest BCUT2D eigenvalue weighted by molar-refractivity contribution is -0.320. The Balaban J connectivity index is 1.64. The van der Waals surface area contributed by atoms with Crippen molar-refractivity contribution in [3.05, 3.63) is 34.9 Å². The van der Waals surface area contributed by atoms with Crippen LogP contribution in [-0.4, -0.2) is 155 Å². The summed E-state index contributed by atoms with van der Waals surface area (Å²) in [5, 5.41) is 23.9. The third-order valence-corrected chi connectivity index (χ3v) is 15.7. The first kappa shape index (κ1) is 54.5. The Labute approximate surface area is 398 Å². The molecule has 0 radical (unpaired) electrons. The number of fused-ring (bicyclic) bond motifs is 1. The van der Waals surface area contributed by atoms with Gasteiger partial charge in [-0.25, -0.2) is 4.79 Å². The highest BCUT2D eigenvalue weighted by Crippen LogP contribution is 2.45. The predicted molar refractivity (Wildman–Crippen MR) is 249 cm³/mol. The molecule has 4 saturated heterocycles. The first-order valence-corrected chi connectivity index (χ1v) is 24.6. The van der Waals surface area contributed by atoms with Crippen LogP contribution in [0.25, 0.3) is 0 Å². The van der Waals surface area contributed by atoms with Crippen LogP contribution in [0, 0.1) is 23.7 Å². The van der Waals surface area contributed by atoms with Gasteiger partial charge in [0.25, 0.3) is 0 Å². The summed E-state index contributed by atoms with van der Waals surface area (Å²) < 4.78 is 51.9. The van der Waals surface area contributed by atoms with E-state index in [0.717, 1.165) is 5.56 Å². The number of cyclic esters (lactones) is 1. The van der Waals surface area contributed by atoms with Gasteiger partial charge in [-0.15, -0.1) is 0 Å². The van der Waals surface area contributed by atoms with Gasteiger partial charge in [-0.1, -0.05) is 58.4 Å². The van der Waals surface area contributed by atoms with Gasteiger partial charge in [0.05, 0.1) is 47.6 Å². The zero-order valence-corrected chi connectivity index (χ0v) is 42.9. The molecule has 1 aromatic carbocycles. The Hall–Kier alpha value is -2.44. The van der Waals surface area contributed by atoms with Crippen LogP contribution in [0.3, 0.4) is 0 Å². The van der Waals surface area contributed by atoms with E-state index in [0.29, 0.717) is 24.4 Å². The maximum Gasteiger partial charge on any atom is 0.410 e. The zero-order valence-electron chi connectivity index (χ0n) is 42.2. The molecular weight excluding hydrogens is 872 g/mol. The second kappa shape index (κ2) is 22.1. The number of benzene rings is 1. The molecule has 16 heteroatoms. The van der Waals surface area contributed by atoms with Crippen molar-refractivity contribution in [1.82, 2.24) is 9.80 Å². The smallest absolute Gasteiger partial charge is 0.410 e. The highest BCUT2D eigenvalue weighted by Gasteiger charge is 2.61. The minimum Gasteiger partial charge on any atom is -0.458 e. The van der Waals surface area contributed by atoms with E-state index in [1.807, 2.05) is 53.7 Å². The summed E-state index contributed by atoms with van der Waals surface area (Å²) in [5.41, 5.74) is -2.80. The number of ketones is 1. The van der Waals surface area contributed by atoms with Gasteiger partial charge in [0.1, 0.15) is 24.1 Å². The maximum absolute atomic E-state index is 15.1. The minimum absolute atomic E-state index is 0.126. The third kappa shape index (κ3) is 11.3. The predicted octanol–water partition coefficient (Wildman–Crippen LogP) is 6.97. The topological polar surface area (TPSA) is 172 Å². The summed E-state index contributed by atoms with van der Waals surface area (Å²) in [5.74, 6) is -3.94. The number of amides is 1. The Morgan fingerprint density at radius 1 is 0.894 bits per heavy atom. The number of halogens is 1. The van der Waals surface area contributed by atoms with Crippen molar-refractivity contribution in [3.63, 3.8) is 0 Å². The number of hydrogen-bond donors (Lipinski definition) is 2. The lowest BCUT2D eigenvalue weighted by Gasteiger charge is -2.50. The number of ether oxygens (including phenoxy) is 8. The molecule has 0 bridgehead atoms. The summed E-state index contributed by atoms with van der Waals surface area (Å²) in [6.07, 6.45) is -7.07. The molecule has 1 aromatic rings. The van der Waals surface area contributed by atoms with Crippen LogP contribution in [-0.2, 0) is 53.9 Å². The fourth-order valence-electron chi connectivity index (χ4n) is 11.6. The molecule has 0 saturated carbocycles. The fourth-order valence-corrected chi connectivity index (χ4v) is 11.7. The molecule has 0 aromatic heterocycles. The van der Waals surface area contributed by atoms with Crippen LogP contribution in [0.15, 0.2) is 24.3 Å². The van der Waals surface area contributed by atoms with Crippen LogP contribution in [0.5, 0.6) is 0 Å². The molecule has 1 amide bonds. The number of likely N-dealkylation sites (N-methyl/N-ethyl adjacent to an activating group) is 1. The number of aliphatic hydroxyl groups excluding tert-OH is 2. The molecule has 4 fully saturated rings. The number of carbonyl (C=O) groups excluding carboxylic acids is 3. The van der Waals surface area contributed by atoms with Gasteiger partial charge in [0.15, 0.2) is 18.2 Å². The van der Waals surface area contributed by atoms with Gasteiger partial charge < -0.3 is 48.1 Å². The van der Waals surface area contributed by atoms with E-state index in [1.54, 1.807) is 51.8 Å². The second-order valence-electron chi connectivity index (χ2n) is 20.5. The zero-order chi connectivity index (χ0) is 49.2. The number of methoxy groups -OCH3 is 2. The summed E-state index contributed by atoms with van der Waals surface area (Å²) in [7, 11) is 3.08. The standard InChI is InChI=1S/C50H81ClN2O13/c1-16-37-50(13)42(53(47(58)66-50)23-22-34-18-20-35(51)21-19-34)30(7)39(54)28(5)25-49(12,60-15)44(65-46-40(55)36(24-29(6)61-46)52(17-2)27(3)4)31(8)41(32(9)45(57)63-37)64-38-26-48(11,59-14)43(56)33(10)62-38/h18-21,27-33,36-38,40-44,46,55-56H,16-17,22-26H2,1-15H3/t28-,29+,30-,31+,32-,33-,36-,37+,38-,40+,41+,42-,43-,44-,46-,48+,49+,50-/m1/s1. The number of esters is 1. The van der Waals surface area contributed by atoms with Crippen molar-refractivity contribution in [2.45, 2.75) is 212 Å². The maximum atomic E-state index is 15.1. The molecule has 5 rings (SSSR count). The van der Waals surface area contributed by atoms with Gasteiger partial charge >= 0.3 is 12.1 Å². The van der Waals surface area contributed by atoms with E-state index < -0.39 is 108 Å². The Bertz CT molecular complexity index is 1790. The van der Waals surface area contributed by atoms with E-state index >= 15 is 4.79 Å². The molecule has 4 aliphatic heterocycles. The Morgan fingerprint density at radius 2 is 1.53 bits per heavy atom. The van der Waals surface area contributed by atoms with Crippen LogP contribution < -0.4 is 0 Å². The Morgan fingerprint density at radius 3 is 2.11 bits per heavy atom. The third-order valence-electron chi connectivity index (χ3n) is 15.5. The molecule has 0 aliphatic carbocycles. The van der Waals surface area contributed by atoms with Gasteiger partial charge in [-0.3, -0.25) is 19.4 Å². The first-order valence-electron chi connectivity index (χ1n) is 24.2. The van der Waals surface area contributed by atoms with Gasteiger partial charge in [0.2, 0.25) is 0 Å². The van der Waals surface area contributed by atoms with Gasteiger partial charge in [-0.05, 0) is 105 Å². The highest BCUT2D eigenvalue weighted by molar-refractivity contribution is 6.30. The second-order valence-corrected chi connectivity index (χ2v) is 20.9. The van der Waals surface area contributed by atoms with Gasteiger partial charge in [-0.2, -0.15) is 0 Å². The van der Waals surface area contributed by atoms with Crippen LogP contribution in [0.4, 0.5) is 4.79 Å². The number of hydrogen-bond acceptors (Lipinski definition) is 14. The molecule has 4 heterocycles. The quantitative estimate of drug-likeness (QED) is 0.194. The van der Waals surface area contributed by atoms with Crippen LogP contribution in [0.1, 0.15) is 121 Å². The van der Waals surface area contributed by atoms with Crippen molar-refractivity contribution in [2.75, 3.05) is 27.3 Å². The molecular formula is C50H81ClN2O13. The van der Waals surface area contributed by atoms with Crippen molar-refractivity contribution in [3.8, 4) is 0 Å². The number of carbonyl (C=O) groups is 3. The molecule has 4 aliphatic rings. The lowest BCUT2D eigenvalue weighted by atomic mass is 9.73. The fraction of sp³-hybridized carbons (Fsp3) is 0.820. The average Bonchev–Trinajstić information content (AvgIpc) is 3.53. The van der Waals surface area contributed by atoms with E-state index in [4.69, 9.17) is 49.5 Å². The summed E-state index contributed by atoms with van der Waals surface area (Å²) in [6, 6.07) is 6.40. The molecule has 0 unspecified atom stereocenters. The number of nitrogens with zero attached hydrogens (tertiary/aromatic N) is 2. The number of rotatable bonds is 13. The monoisotopic (exact) mass is 953 g/mol. The molecule has 2 N–H and O–H groups in total. The normalized spacial score (nSPS) is 42.0. The van der Waals surface area contributed by atoms with E-state index in [2.05, 4.69) is 25.7 Å². The lowest BCUT2D eigenvalue weighted by Crippen LogP contribution is -2.62. The van der Waals surface area contributed by atoms with Crippen LogP contribution >= 0.6 is 11.6 Å². The summed E-state index contributed by atoms with van der Waals surface area (Å²) in [4.78, 5) is 48.0. The summed E-state index contributed by atoms with van der Waals surface area (Å²) >= 11 is 6.18. The molecule has 18 atom stereocenters. The number of aliphatic hydroxyl groups is 2. The van der Waals surface area contributed by atoms with E-state index in [-0.39, 0.29) is 49.8 Å². The Kier molecular flexibility index (Phi) is 18.3. The SMILES string of the molecule is CC[C@@H]1OC(=O)[C@H](C)[C@@H](O[C@@H]2C[C@](C)(OC)[C@H](O)[C@@H](C)O2)[C@H](C)[C@@H](O[C@H]2O[C@@H](C)C[C@@H](N(CC)C(C)C)[C@@H]2O)[C@@](C)(OC)C[C@@H](C)C(=O)[C@@H](C)[C@H]2N(CCc3ccc(Cl)cc3)C(=O)O[C@]12C. The van der Waals surface area contributed by atoms with Crippen molar-refractivity contribution < 1.29 is 62.5 Å². The average molecular weight is 954 g/mol. The van der Waals surface area contributed by atoms with Crippen molar-refractivity contribution in [1.29, 1.82) is 0 Å². The first-order chi connectivity index (χ1) is 30.9. The number of Topliss-reactive ketones (excluding diaryl/α,β-unsaturated/α-hetero) is 1. The summed E-state index contributed by atoms with van der Waals surface area (Å²) in [6.45, 7) is 25.4. The largest absolute Gasteiger partial charge is 0.458 e. The molecule has 376 valence electrons. The highest BCUT2D eigenvalue weighted by atomic mass is 35.5. The van der Waals surface area contributed by atoms with Crippen molar-refractivity contribution in [2.24, 2.45) is 23.7 Å². The van der Waals surface area contributed by atoms with Crippen molar-refractivity contribution >= 4 is 29.4 Å². The van der Waals surface area contributed by atoms with Gasteiger partial charge in [0, 0.05) is 62.0 Å².